The SMILES string of the molecule is C/C=C(/NC(=O)CC(C)CCCC(C)C)C(=O)O. The molecule has 4 nitrogen and oxygen atoms in total. The Hall–Kier alpha value is -1.32. The largest absolute Gasteiger partial charge is 0.477 e. The van der Waals surface area contributed by atoms with Gasteiger partial charge in [0, 0.05) is 6.42 Å². The number of hydrogen-bond acceptors (Lipinski definition) is 2. The van der Waals surface area contributed by atoms with Gasteiger partial charge in [-0.15, -0.1) is 0 Å². The number of nitrogens with one attached hydrogen (secondary N) is 1. The zero-order chi connectivity index (χ0) is 14.1. The molecule has 0 aromatic heterocycles. The lowest BCUT2D eigenvalue weighted by Gasteiger charge is -2.12. The van der Waals surface area contributed by atoms with Crippen LogP contribution in [0.25, 0.3) is 0 Å². The topological polar surface area (TPSA) is 66.4 Å². The lowest BCUT2D eigenvalue weighted by Crippen LogP contribution is -2.28. The summed E-state index contributed by atoms with van der Waals surface area (Å²) in [4.78, 5) is 22.3. The van der Waals surface area contributed by atoms with E-state index < -0.39 is 5.97 Å². The third kappa shape index (κ3) is 7.87. The molecule has 1 unspecified atom stereocenters. The van der Waals surface area contributed by atoms with Gasteiger partial charge in [-0.05, 0) is 18.8 Å². The maximum atomic E-state index is 11.6. The van der Waals surface area contributed by atoms with Gasteiger partial charge in [-0.3, -0.25) is 4.79 Å². The minimum Gasteiger partial charge on any atom is -0.477 e. The molecule has 0 saturated carbocycles. The van der Waals surface area contributed by atoms with E-state index in [1.165, 1.54) is 12.5 Å². The molecule has 1 amide bonds. The maximum absolute atomic E-state index is 11.6. The Morgan fingerprint density at radius 2 is 1.83 bits per heavy atom. The molecule has 0 aromatic carbocycles. The lowest BCUT2D eigenvalue weighted by atomic mass is 9.97. The number of carbonyl (C=O) groups is 2. The van der Waals surface area contributed by atoms with Gasteiger partial charge in [-0.1, -0.05) is 46.1 Å². The first-order valence-electron chi connectivity index (χ1n) is 6.56. The number of carbonyl (C=O) groups excluding carboxylic acids is 1. The fraction of sp³-hybridized carbons (Fsp3) is 0.714. The minimum atomic E-state index is -1.10. The van der Waals surface area contributed by atoms with Gasteiger partial charge in [0.2, 0.25) is 5.91 Å². The summed E-state index contributed by atoms with van der Waals surface area (Å²) in [5.41, 5.74) is -0.0469. The van der Waals surface area contributed by atoms with Crippen LogP contribution in [-0.2, 0) is 9.59 Å². The molecule has 0 aliphatic carbocycles. The third-order valence-corrected chi connectivity index (χ3v) is 2.81. The van der Waals surface area contributed by atoms with Gasteiger partial charge in [-0.2, -0.15) is 0 Å². The van der Waals surface area contributed by atoms with Gasteiger partial charge < -0.3 is 10.4 Å². The van der Waals surface area contributed by atoms with Crippen LogP contribution in [0.3, 0.4) is 0 Å². The van der Waals surface area contributed by atoms with Crippen LogP contribution in [-0.4, -0.2) is 17.0 Å². The molecule has 0 heterocycles. The van der Waals surface area contributed by atoms with Crippen LogP contribution in [0.2, 0.25) is 0 Å². The molecule has 0 spiro atoms. The molecule has 18 heavy (non-hydrogen) atoms. The summed E-state index contributed by atoms with van der Waals surface area (Å²) in [6.07, 6.45) is 5.05. The van der Waals surface area contributed by atoms with Crippen LogP contribution in [0.15, 0.2) is 11.8 Å². The Morgan fingerprint density at radius 3 is 2.28 bits per heavy atom. The van der Waals surface area contributed by atoms with Crippen molar-refractivity contribution >= 4 is 11.9 Å². The van der Waals surface area contributed by atoms with Crippen LogP contribution in [0, 0.1) is 11.8 Å². The highest BCUT2D eigenvalue weighted by Crippen LogP contribution is 2.15. The van der Waals surface area contributed by atoms with Crippen molar-refractivity contribution in [3.05, 3.63) is 11.8 Å². The zero-order valence-corrected chi connectivity index (χ0v) is 11.8. The zero-order valence-electron chi connectivity index (χ0n) is 11.8. The molecule has 0 saturated heterocycles. The second-order valence-corrected chi connectivity index (χ2v) is 5.19. The van der Waals surface area contributed by atoms with Gasteiger partial charge in [-0.25, -0.2) is 4.79 Å². The third-order valence-electron chi connectivity index (χ3n) is 2.81. The number of carboxylic acid groups (broad SMARTS) is 1. The van der Waals surface area contributed by atoms with E-state index in [4.69, 9.17) is 5.11 Å². The maximum Gasteiger partial charge on any atom is 0.352 e. The van der Waals surface area contributed by atoms with E-state index in [0.717, 1.165) is 12.8 Å². The van der Waals surface area contributed by atoms with E-state index in [0.29, 0.717) is 12.3 Å². The number of carboxylic acids is 1. The van der Waals surface area contributed by atoms with E-state index in [2.05, 4.69) is 19.2 Å². The molecule has 0 aliphatic rings. The monoisotopic (exact) mass is 255 g/mol. The smallest absolute Gasteiger partial charge is 0.352 e. The second kappa shape index (κ2) is 8.72. The molecule has 2 N–H and O–H groups in total. The molecular formula is C14H25NO3. The summed E-state index contributed by atoms with van der Waals surface area (Å²) in [5, 5.41) is 11.2. The molecule has 0 aromatic rings. The highest BCUT2D eigenvalue weighted by Gasteiger charge is 2.13. The quantitative estimate of drug-likeness (QED) is 0.655. The van der Waals surface area contributed by atoms with Crippen molar-refractivity contribution in [1.29, 1.82) is 0 Å². The van der Waals surface area contributed by atoms with Crippen molar-refractivity contribution in [2.75, 3.05) is 0 Å². The van der Waals surface area contributed by atoms with Crippen molar-refractivity contribution in [1.82, 2.24) is 5.32 Å². The van der Waals surface area contributed by atoms with Crippen molar-refractivity contribution in [2.24, 2.45) is 11.8 Å². The van der Waals surface area contributed by atoms with E-state index in [1.807, 2.05) is 6.92 Å². The molecular weight excluding hydrogens is 230 g/mol. The Morgan fingerprint density at radius 1 is 1.22 bits per heavy atom. The Labute approximate surface area is 109 Å². The summed E-state index contributed by atoms with van der Waals surface area (Å²) in [7, 11) is 0. The average Bonchev–Trinajstić information content (AvgIpc) is 2.24. The second-order valence-electron chi connectivity index (χ2n) is 5.19. The first kappa shape index (κ1) is 16.7. The summed E-state index contributed by atoms with van der Waals surface area (Å²) < 4.78 is 0. The highest BCUT2D eigenvalue weighted by atomic mass is 16.4. The van der Waals surface area contributed by atoms with Crippen LogP contribution in [0.4, 0.5) is 0 Å². The van der Waals surface area contributed by atoms with Crippen molar-refractivity contribution < 1.29 is 14.7 Å². The summed E-state index contributed by atoms with van der Waals surface area (Å²) in [6, 6.07) is 0. The molecule has 4 heteroatoms. The first-order chi connectivity index (χ1) is 8.36. The number of allylic oxidation sites excluding steroid dienone is 1. The average molecular weight is 255 g/mol. The van der Waals surface area contributed by atoms with Gasteiger partial charge in [0.15, 0.2) is 0 Å². The lowest BCUT2D eigenvalue weighted by molar-refractivity contribution is -0.134. The normalized spacial score (nSPS) is 13.5. The van der Waals surface area contributed by atoms with Gasteiger partial charge in [0.05, 0.1) is 0 Å². The highest BCUT2D eigenvalue weighted by molar-refractivity contribution is 5.92. The molecule has 0 rings (SSSR count). The van der Waals surface area contributed by atoms with Crippen molar-refractivity contribution in [2.45, 2.75) is 53.4 Å². The molecule has 1 atom stereocenters. The van der Waals surface area contributed by atoms with E-state index in [9.17, 15) is 9.59 Å². The minimum absolute atomic E-state index is 0.0469. The van der Waals surface area contributed by atoms with Gasteiger partial charge in [0.25, 0.3) is 0 Å². The van der Waals surface area contributed by atoms with Gasteiger partial charge >= 0.3 is 5.97 Å². The van der Waals surface area contributed by atoms with E-state index >= 15 is 0 Å². The first-order valence-corrected chi connectivity index (χ1v) is 6.56. The predicted molar refractivity (Wildman–Crippen MR) is 72.0 cm³/mol. The van der Waals surface area contributed by atoms with Crippen LogP contribution >= 0.6 is 0 Å². The molecule has 0 aliphatic heterocycles. The Kier molecular flexibility index (Phi) is 8.08. The van der Waals surface area contributed by atoms with Gasteiger partial charge in [0.1, 0.15) is 5.70 Å². The summed E-state index contributed by atoms with van der Waals surface area (Å²) in [6.45, 7) is 7.98. The fourth-order valence-electron chi connectivity index (χ4n) is 1.74. The van der Waals surface area contributed by atoms with E-state index in [-0.39, 0.29) is 17.5 Å². The van der Waals surface area contributed by atoms with Crippen LogP contribution in [0.5, 0.6) is 0 Å². The number of hydrogen-bond donors (Lipinski definition) is 2. The number of aliphatic carboxylic acids is 1. The van der Waals surface area contributed by atoms with Crippen molar-refractivity contribution in [3.63, 3.8) is 0 Å². The molecule has 0 radical (unpaired) electrons. The van der Waals surface area contributed by atoms with E-state index in [1.54, 1.807) is 6.92 Å². The number of amides is 1. The predicted octanol–water partition coefficient (Wildman–Crippen LogP) is 2.94. The molecule has 0 bridgehead atoms. The molecule has 104 valence electrons. The van der Waals surface area contributed by atoms with Crippen LogP contribution in [0.1, 0.15) is 53.4 Å². The summed E-state index contributed by atoms with van der Waals surface area (Å²) in [5.74, 6) is -0.343. The summed E-state index contributed by atoms with van der Waals surface area (Å²) >= 11 is 0. The van der Waals surface area contributed by atoms with Crippen LogP contribution < -0.4 is 5.32 Å². The number of rotatable bonds is 8. The fourth-order valence-corrected chi connectivity index (χ4v) is 1.74. The standard InChI is InChI=1S/C14H25NO3/c1-5-12(14(17)18)15-13(16)9-11(4)8-6-7-10(2)3/h5,10-11H,6-9H2,1-4H3,(H,15,16)(H,17,18)/b12-5+. The Bertz CT molecular complexity index is 308. The Balaban J connectivity index is 3.97. The molecule has 0 fully saturated rings. The van der Waals surface area contributed by atoms with Crippen molar-refractivity contribution in [3.8, 4) is 0 Å².